The Labute approximate surface area is 126 Å². The molecule has 1 N–H and O–H groups in total. The summed E-state index contributed by atoms with van der Waals surface area (Å²) in [5, 5.41) is 16.3. The van der Waals surface area contributed by atoms with E-state index in [9.17, 15) is 0 Å². The van der Waals surface area contributed by atoms with E-state index in [1.165, 1.54) is 5.69 Å². The van der Waals surface area contributed by atoms with E-state index in [0.29, 0.717) is 0 Å². The van der Waals surface area contributed by atoms with Crippen LogP contribution in [-0.4, -0.2) is 31.3 Å². The van der Waals surface area contributed by atoms with Crippen LogP contribution < -0.4 is 5.32 Å². The number of rotatable bonds is 9. The molecule has 21 heavy (non-hydrogen) atoms. The van der Waals surface area contributed by atoms with E-state index in [0.717, 1.165) is 56.8 Å². The van der Waals surface area contributed by atoms with Crippen molar-refractivity contribution in [2.75, 3.05) is 6.54 Å². The van der Waals surface area contributed by atoms with Gasteiger partial charge in [0.05, 0.1) is 24.5 Å². The van der Waals surface area contributed by atoms with Crippen molar-refractivity contribution in [1.82, 2.24) is 30.1 Å². The highest BCUT2D eigenvalue weighted by atomic mass is 15.4. The summed E-state index contributed by atoms with van der Waals surface area (Å²) in [5.41, 5.74) is 3.44. The molecule has 0 atom stereocenters. The van der Waals surface area contributed by atoms with Crippen LogP contribution in [-0.2, 0) is 32.5 Å². The largest absolute Gasteiger partial charge is 0.311 e. The molecule has 0 aliphatic heterocycles. The van der Waals surface area contributed by atoms with Gasteiger partial charge in [-0.1, -0.05) is 26.0 Å². The van der Waals surface area contributed by atoms with Gasteiger partial charge in [0.2, 0.25) is 0 Å². The maximum absolute atomic E-state index is 4.62. The average molecular weight is 290 g/mol. The zero-order valence-electron chi connectivity index (χ0n) is 13.3. The molecule has 0 spiro atoms. The Morgan fingerprint density at radius 3 is 2.67 bits per heavy atom. The fourth-order valence-electron chi connectivity index (χ4n) is 2.29. The van der Waals surface area contributed by atoms with E-state index in [1.807, 2.05) is 10.9 Å². The summed E-state index contributed by atoms with van der Waals surface area (Å²) in [6, 6.07) is 2.20. The van der Waals surface area contributed by atoms with Crippen molar-refractivity contribution in [2.45, 2.75) is 59.7 Å². The van der Waals surface area contributed by atoms with Gasteiger partial charge in [-0.05, 0) is 31.9 Å². The smallest absolute Gasteiger partial charge is 0.0964 e. The van der Waals surface area contributed by atoms with Gasteiger partial charge >= 0.3 is 0 Å². The van der Waals surface area contributed by atoms with Crippen LogP contribution in [0.4, 0.5) is 0 Å². The first-order valence-electron chi connectivity index (χ1n) is 7.92. The van der Waals surface area contributed by atoms with Crippen molar-refractivity contribution in [3.8, 4) is 0 Å². The molecule has 6 nitrogen and oxygen atoms in total. The summed E-state index contributed by atoms with van der Waals surface area (Å²) < 4.78 is 3.99. The van der Waals surface area contributed by atoms with Crippen LogP contribution >= 0.6 is 0 Å². The molecule has 2 aromatic heterocycles. The van der Waals surface area contributed by atoms with E-state index >= 15 is 0 Å². The second-order valence-corrected chi connectivity index (χ2v) is 5.21. The van der Waals surface area contributed by atoms with E-state index in [1.54, 1.807) is 0 Å². The third-order valence-corrected chi connectivity index (χ3v) is 3.50. The molecule has 0 saturated carbocycles. The summed E-state index contributed by atoms with van der Waals surface area (Å²) in [6.07, 6.45) is 5.14. The summed E-state index contributed by atoms with van der Waals surface area (Å²) in [4.78, 5) is 0. The highest BCUT2D eigenvalue weighted by Gasteiger charge is 2.06. The number of nitrogens with zero attached hydrogens (tertiary/aromatic N) is 5. The Morgan fingerprint density at radius 1 is 1.10 bits per heavy atom. The lowest BCUT2D eigenvalue weighted by molar-refractivity contribution is 0.477. The van der Waals surface area contributed by atoms with Crippen molar-refractivity contribution in [3.05, 3.63) is 29.3 Å². The van der Waals surface area contributed by atoms with Crippen LogP contribution in [0.2, 0.25) is 0 Å². The number of nitrogens with one attached hydrogen (secondary N) is 1. The minimum atomic E-state index is 0.788. The van der Waals surface area contributed by atoms with E-state index < -0.39 is 0 Å². The molecule has 0 bridgehead atoms. The second-order valence-electron chi connectivity index (χ2n) is 5.21. The van der Waals surface area contributed by atoms with Crippen LogP contribution in [0, 0.1) is 0 Å². The Kier molecular flexibility index (Phi) is 5.92. The van der Waals surface area contributed by atoms with Crippen molar-refractivity contribution in [2.24, 2.45) is 0 Å². The van der Waals surface area contributed by atoms with Gasteiger partial charge in [-0.2, -0.15) is 5.10 Å². The summed E-state index contributed by atoms with van der Waals surface area (Å²) >= 11 is 0. The predicted molar refractivity (Wildman–Crippen MR) is 83.0 cm³/mol. The maximum atomic E-state index is 4.62. The lowest BCUT2D eigenvalue weighted by Gasteiger charge is -2.05. The number of aryl methyl sites for hydroxylation is 4. The minimum absolute atomic E-state index is 0.788. The Hall–Kier alpha value is -1.69. The molecule has 0 saturated heterocycles. The van der Waals surface area contributed by atoms with Gasteiger partial charge in [0.1, 0.15) is 0 Å². The van der Waals surface area contributed by atoms with Crippen molar-refractivity contribution >= 4 is 0 Å². The summed E-state index contributed by atoms with van der Waals surface area (Å²) in [5.74, 6) is 0. The van der Waals surface area contributed by atoms with Gasteiger partial charge < -0.3 is 5.32 Å². The fraction of sp³-hybridized carbons (Fsp3) is 0.667. The lowest BCUT2D eigenvalue weighted by atomic mass is 10.3. The third kappa shape index (κ3) is 4.39. The summed E-state index contributed by atoms with van der Waals surface area (Å²) in [6.45, 7) is 9.91. The van der Waals surface area contributed by atoms with Gasteiger partial charge in [0, 0.05) is 18.4 Å². The molecule has 0 aliphatic carbocycles. The Morgan fingerprint density at radius 2 is 1.95 bits per heavy atom. The second kappa shape index (κ2) is 7.93. The van der Waals surface area contributed by atoms with Gasteiger partial charge in [0.15, 0.2) is 0 Å². The van der Waals surface area contributed by atoms with Crippen LogP contribution in [0.15, 0.2) is 12.3 Å². The van der Waals surface area contributed by atoms with Crippen LogP contribution in [0.1, 0.15) is 44.3 Å². The zero-order chi connectivity index (χ0) is 15.1. The minimum Gasteiger partial charge on any atom is -0.311 e. The van der Waals surface area contributed by atoms with Gasteiger partial charge in [-0.15, -0.1) is 5.10 Å². The molecule has 2 rings (SSSR count). The summed E-state index contributed by atoms with van der Waals surface area (Å²) in [7, 11) is 0. The highest BCUT2D eigenvalue weighted by molar-refractivity contribution is 5.10. The fourth-order valence-corrected chi connectivity index (χ4v) is 2.29. The van der Waals surface area contributed by atoms with E-state index in [-0.39, 0.29) is 0 Å². The van der Waals surface area contributed by atoms with Gasteiger partial charge in [0.25, 0.3) is 0 Å². The normalized spacial score (nSPS) is 11.2. The molecule has 6 heteroatoms. The SMILES string of the molecule is CCCNCc1cn(CCn2nc(CC)cc2CC)nn1. The van der Waals surface area contributed by atoms with Crippen molar-refractivity contribution in [1.29, 1.82) is 0 Å². The van der Waals surface area contributed by atoms with Crippen LogP contribution in [0.5, 0.6) is 0 Å². The van der Waals surface area contributed by atoms with E-state index in [4.69, 9.17) is 0 Å². The molecular weight excluding hydrogens is 264 g/mol. The van der Waals surface area contributed by atoms with E-state index in [2.05, 4.69) is 52.2 Å². The zero-order valence-corrected chi connectivity index (χ0v) is 13.3. The molecule has 0 amide bonds. The standard InChI is InChI=1S/C15H26N6/c1-4-7-16-11-14-12-20(19-17-14)8-9-21-15(6-3)10-13(5-2)18-21/h10,12,16H,4-9,11H2,1-3H3. The molecule has 0 aromatic carbocycles. The number of hydrogen-bond donors (Lipinski definition) is 1. The molecule has 2 aromatic rings. The number of hydrogen-bond acceptors (Lipinski definition) is 4. The third-order valence-electron chi connectivity index (χ3n) is 3.50. The monoisotopic (exact) mass is 290 g/mol. The lowest BCUT2D eigenvalue weighted by Crippen LogP contribution is -2.14. The highest BCUT2D eigenvalue weighted by Crippen LogP contribution is 2.06. The van der Waals surface area contributed by atoms with Gasteiger partial charge in [-0.3, -0.25) is 9.36 Å². The van der Waals surface area contributed by atoms with Crippen molar-refractivity contribution < 1.29 is 0 Å². The molecule has 0 radical (unpaired) electrons. The quantitative estimate of drug-likeness (QED) is 0.715. The maximum Gasteiger partial charge on any atom is 0.0964 e. The molecular formula is C15H26N6. The molecule has 0 aliphatic rings. The van der Waals surface area contributed by atoms with Crippen molar-refractivity contribution in [3.63, 3.8) is 0 Å². The first-order chi connectivity index (χ1) is 10.3. The molecule has 116 valence electrons. The topological polar surface area (TPSA) is 60.6 Å². The first-order valence-corrected chi connectivity index (χ1v) is 7.92. The molecule has 0 unspecified atom stereocenters. The van der Waals surface area contributed by atoms with Gasteiger partial charge in [-0.25, -0.2) is 0 Å². The molecule has 0 fully saturated rings. The molecule has 2 heterocycles. The Bertz CT molecular complexity index is 542. The first kappa shape index (κ1) is 15.7. The average Bonchev–Trinajstić information content (AvgIpc) is 3.11. The van der Waals surface area contributed by atoms with Crippen LogP contribution in [0.25, 0.3) is 0 Å². The van der Waals surface area contributed by atoms with Crippen LogP contribution in [0.3, 0.4) is 0 Å². The Balaban J connectivity index is 1.89. The number of aromatic nitrogens is 5. The predicted octanol–water partition coefficient (Wildman–Crippen LogP) is 1.80.